The van der Waals surface area contributed by atoms with Crippen LogP contribution >= 0.6 is 0 Å². The summed E-state index contributed by atoms with van der Waals surface area (Å²) in [5, 5.41) is 0. The van der Waals surface area contributed by atoms with Gasteiger partial charge in [0.05, 0.1) is 4.90 Å². The van der Waals surface area contributed by atoms with Gasteiger partial charge in [0.2, 0.25) is 10.0 Å². The molecule has 2 rings (SSSR count). The number of sulfonamides is 1. The van der Waals surface area contributed by atoms with Crippen LogP contribution in [0.25, 0.3) is 0 Å². The van der Waals surface area contributed by atoms with Gasteiger partial charge >= 0.3 is 0 Å². The first-order valence-electron chi connectivity index (χ1n) is 6.79. The first kappa shape index (κ1) is 14.5. The van der Waals surface area contributed by atoms with E-state index in [-0.39, 0.29) is 0 Å². The number of rotatable bonds is 6. The number of nitrogens with zero attached hydrogens (tertiary/aromatic N) is 1. The molecule has 4 nitrogen and oxygen atoms in total. The van der Waals surface area contributed by atoms with Crippen molar-refractivity contribution in [1.82, 2.24) is 4.31 Å². The van der Waals surface area contributed by atoms with E-state index in [0.717, 1.165) is 24.0 Å². The van der Waals surface area contributed by atoms with Crippen molar-refractivity contribution >= 4 is 10.0 Å². The fraction of sp³-hybridized carbons (Fsp3) is 0.571. The normalized spacial score (nSPS) is 16.0. The van der Waals surface area contributed by atoms with Crippen LogP contribution < -0.4 is 5.73 Å². The summed E-state index contributed by atoms with van der Waals surface area (Å²) in [5.41, 5.74) is 7.32. The molecular weight excluding hydrogens is 260 g/mol. The van der Waals surface area contributed by atoms with E-state index in [1.807, 2.05) is 19.9 Å². The molecule has 0 bridgehead atoms. The van der Waals surface area contributed by atoms with Crippen molar-refractivity contribution in [2.75, 3.05) is 13.1 Å². The molecule has 0 atom stereocenters. The summed E-state index contributed by atoms with van der Waals surface area (Å²) in [6.45, 7) is 5.25. The van der Waals surface area contributed by atoms with E-state index in [1.54, 1.807) is 16.4 Å². The maximum atomic E-state index is 12.7. The van der Waals surface area contributed by atoms with Gasteiger partial charge in [-0.05, 0) is 42.9 Å². The van der Waals surface area contributed by atoms with E-state index < -0.39 is 10.0 Å². The van der Waals surface area contributed by atoms with E-state index >= 15 is 0 Å². The second kappa shape index (κ2) is 5.61. The fourth-order valence-electron chi connectivity index (χ4n) is 2.29. The fourth-order valence-corrected chi connectivity index (χ4v) is 4.08. The Labute approximate surface area is 115 Å². The lowest BCUT2D eigenvalue weighted by molar-refractivity contribution is 0.411. The summed E-state index contributed by atoms with van der Waals surface area (Å²) in [6, 6.07) is 5.33. The van der Waals surface area contributed by atoms with E-state index in [4.69, 9.17) is 5.73 Å². The first-order chi connectivity index (χ1) is 9.00. The van der Waals surface area contributed by atoms with Gasteiger partial charge in [0.25, 0.3) is 0 Å². The van der Waals surface area contributed by atoms with Crippen molar-refractivity contribution in [2.24, 2.45) is 11.7 Å². The molecule has 2 N–H and O–H groups in total. The molecule has 0 spiro atoms. The van der Waals surface area contributed by atoms with E-state index in [1.165, 1.54) is 0 Å². The molecule has 1 aromatic rings. The smallest absolute Gasteiger partial charge is 0.243 e. The van der Waals surface area contributed by atoms with Crippen LogP contribution in [0.4, 0.5) is 0 Å². The molecule has 0 aliphatic heterocycles. The maximum absolute atomic E-state index is 12.7. The summed E-state index contributed by atoms with van der Waals surface area (Å²) in [6.07, 6.45) is 2.29. The Kier molecular flexibility index (Phi) is 4.28. The molecule has 0 heterocycles. The van der Waals surface area contributed by atoms with Gasteiger partial charge in [-0.2, -0.15) is 4.31 Å². The van der Waals surface area contributed by atoms with Gasteiger partial charge in [0.15, 0.2) is 0 Å². The van der Waals surface area contributed by atoms with Crippen LogP contribution in [0.2, 0.25) is 0 Å². The molecule has 19 heavy (non-hydrogen) atoms. The molecular formula is C14H22N2O2S. The monoisotopic (exact) mass is 282 g/mol. The standard InChI is InChI=1S/C14H22N2O2S/c1-3-16(10-12-7-8-12)19(17,18)14-6-4-5-13(9-15)11(14)2/h4-6,12H,3,7-10,15H2,1-2H3. The zero-order valence-corrected chi connectivity index (χ0v) is 12.4. The van der Waals surface area contributed by atoms with Gasteiger partial charge in [-0.3, -0.25) is 0 Å². The second-order valence-corrected chi connectivity index (χ2v) is 7.05. The van der Waals surface area contributed by atoms with Crippen molar-refractivity contribution in [3.63, 3.8) is 0 Å². The molecule has 106 valence electrons. The van der Waals surface area contributed by atoms with Crippen molar-refractivity contribution in [1.29, 1.82) is 0 Å². The quantitative estimate of drug-likeness (QED) is 0.866. The van der Waals surface area contributed by atoms with Crippen molar-refractivity contribution in [3.05, 3.63) is 29.3 Å². The van der Waals surface area contributed by atoms with Crippen LogP contribution in [0.15, 0.2) is 23.1 Å². The third-order valence-corrected chi connectivity index (χ3v) is 5.83. The van der Waals surface area contributed by atoms with Crippen LogP contribution in [-0.4, -0.2) is 25.8 Å². The van der Waals surface area contributed by atoms with Crippen LogP contribution in [0.5, 0.6) is 0 Å². The minimum atomic E-state index is -3.39. The highest BCUT2D eigenvalue weighted by Crippen LogP contribution is 2.32. The van der Waals surface area contributed by atoms with E-state index in [0.29, 0.717) is 30.4 Å². The lowest BCUT2D eigenvalue weighted by Gasteiger charge is -2.22. The highest BCUT2D eigenvalue weighted by molar-refractivity contribution is 7.89. The Hall–Kier alpha value is -0.910. The third-order valence-electron chi connectivity index (χ3n) is 3.75. The summed E-state index contributed by atoms with van der Waals surface area (Å²) >= 11 is 0. The maximum Gasteiger partial charge on any atom is 0.243 e. The molecule has 1 aliphatic carbocycles. The molecule has 0 unspecified atom stereocenters. The SMILES string of the molecule is CCN(CC1CC1)S(=O)(=O)c1cccc(CN)c1C. The zero-order chi connectivity index (χ0) is 14.0. The lowest BCUT2D eigenvalue weighted by Crippen LogP contribution is -2.33. The molecule has 0 radical (unpaired) electrons. The van der Waals surface area contributed by atoms with Crippen LogP contribution in [0.3, 0.4) is 0 Å². The van der Waals surface area contributed by atoms with E-state index in [9.17, 15) is 8.42 Å². The van der Waals surface area contributed by atoms with Gasteiger partial charge in [-0.25, -0.2) is 8.42 Å². The Bertz CT molecular complexity index is 551. The van der Waals surface area contributed by atoms with Gasteiger partial charge in [-0.15, -0.1) is 0 Å². The predicted octanol–water partition coefficient (Wildman–Crippen LogP) is 1.87. The molecule has 1 aliphatic rings. The van der Waals surface area contributed by atoms with Gasteiger partial charge in [0.1, 0.15) is 0 Å². The zero-order valence-electron chi connectivity index (χ0n) is 11.6. The third kappa shape index (κ3) is 2.99. The Morgan fingerprint density at radius 2 is 2.05 bits per heavy atom. The Morgan fingerprint density at radius 3 is 2.58 bits per heavy atom. The Morgan fingerprint density at radius 1 is 1.37 bits per heavy atom. The highest BCUT2D eigenvalue weighted by atomic mass is 32.2. The molecule has 5 heteroatoms. The number of hydrogen-bond acceptors (Lipinski definition) is 3. The molecule has 0 saturated heterocycles. The van der Waals surface area contributed by atoms with Crippen LogP contribution in [0, 0.1) is 12.8 Å². The topological polar surface area (TPSA) is 63.4 Å². The second-order valence-electron chi connectivity index (χ2n) is 5.14. The van der Waals surface area contributed by atoms with Gasteiger partial charge < -0.3 is 5.73 Å². The number of hydrogen-bond donors (Lipinski definition) is 1. The Balaban J connectivity index is 2.36. The summed E-state index contributed by atoms with van der Waals surface area (Å²) in [4.78, 5) is 0.401. The summed E-state index contributed by atoms with van der Waals surface area (Å²) in [5.74, 6) is 0.549. The van der Waals surface area contributed by atoms with Crippen LogP contribution in [-0.2, 0) is 16.6 Å². The summed E-state index contributed by atoms with van der Waals surface area (Å²) in [7, 11) is -3.39. The summed E-state index contributed by atoms with van der Waals surface area (Å²) < 4.78 is 27.0. The average Bonchev–Trinajstić information content (AvgIpc) is 3.19. The number of nitrogens with two attached hydrogens (primary N) is 1. The lowest BCUT2D eigenvalue weighted by atomic mass is 10.1. The minimum absolute atomic E-state index is 0.365. The minimum Gasteiger partial charge on any atom is -0.326 e. The van der Waals surface area contributed by atoms with Crippen molar-refractivity contribution in [2.45, 2.75) is 38.1 Å². The first-order valence-corrected chi connectivity index (χ1v) is 8.23. The molecule has 1 aromatic carbocycles. The van der Waals surface area contributed by atoms with Crippen LogP contribution in [0.1, 0.15) is 30.9 Å². The predicted molar refractivity (Wildman–Crippen MR) is 76.2 cm³/mol. The largest absolute Gasteiger partial charge is 0.326 e. The highest BCUT2D eigenvalue weighted by Gasteiger charge is 2.31. The van der Waals surface area contributed by atoms with Crippen molar-refractivity contribution < 1.29 is 8.42 Å². The molecule has 0 aromatic heterocycles. The number of benzene rings is 1. The molecule has 0 amide bonds. The van der Waals surface area contributed by atoms with E-state index in [2.05, 4.69) is 0 Å². The van der Waals surface area contributed by atoms with Crippen molar-refractivity contribution in [3.8, 4) is 0 Å². The molecule has 1 fully saturated rings. The van der Waals surface area contributed by atoms with Gasteiger partial charge in [0, 0.05) is 19.6 Å². The molecule has 1 saturated carbocycles. The van der Waals surface area contributed by atoms with Gasteiger partial charge in [-0.1, -0.05) is 19.1 Å². The average molecular weight is 282 g/mol.